The lowest BCUT2D eigenvalue weighted by Gasteiger charge is -2.18. The van der Waals surface area contributed by atoms with Crippen LogP contribution < -0.4 is 10.6 Å². The molecule has 0 radical (unpaired) electrons. The number of hydrogen-bond acceptors (Lipinski definition) is 6. The van der Waals surface area contributed by atoms with Crippen LogP contribution in [-0.4, -0.2) is 66.7 Å². The number of rotatable bonds is 8. The van der Waals surface area contributed by atoms with Crippen LogP contribution in [0.2, 0.25) is 0 Å². The minimum atomic E-state index is -1.14. The molecule has 0 saturated carbocycles. The zero-order chi connectivity index (χ0) is 23.4. The molecule has 3 unspecified atom stereocenters. The van der Waals surface area contributed by atoms with E-state index in [-0.39, 0.29) is 38.7 Å². The molecule has 2 aliphatic rings. The number of carboxylic acids is 1. The first-order valence-corrected chi connectivity index (χ1v) is 10.8. The van der Waals surface area contributed by atoms with Gasteiger partial charge in [0, 0.05) is 12.5 Å². The van der Waals surface area contributed by atoms with Crippen molar-refractivity contribution in [3.05, 3.63) is 59.7 Å². The molecule has 4 N–H and O–H groups in total. The van der Waals surface area contributed by atoms with Gasteiger partial charge in [-0.25, -0.2) is 4.79 Å². The lowest BCUT2D eigenvalue weighted by molar-refractivity contribution is -0.142. The summed E-state index contributed by atoms with van der Waals surface area (Å²) in [5.41, 5.74) is 4.44. The first-order chi connectivity index (χ1) is 15.9. The maximum atomic E-state index is 12.2. The van der Waals surface area contributed by atoms with Gasteiger partial charge in [0.05, 0.1) is 31.8 Å². The third kappa shape index (κ3) is 5.15. The zero-order valence-electron chi connectivity index (χ0n) is 17.9. The predicted octanol–water partition coefficient (Wildman–Crippen LogP) is 1.49. The molecule has 2 amide bonds. The maximum Gasteiger partial charge on any atom is 0.407 e. The van der Waals surface area contributed by atoms with Gasteiger partial charge in [-0.1, -0.05) is 48.5 Å². The molecule has 4 rings (SSSR count). The molecule has 0 spiro atoms. The van der Waals surface area contributed by atoms with E-state index >= 15 is 0 Å². The maximum absolute atomic E-state index is 12.2. The lowest BCUT2D eigenvalue weighted by Crippen LogP contribution is -2.44. The van der Waals surface area contributed by atoms with Gasteiger partial charge in [0.15, 0.2) is 0 Å². The van der Waals surface area contributed by atoms with Gasteiger partial charge in [0.25, 0.3) is 0 Å². The molecule has 174 valence electrons. The highest BCUT2D eigenvalue weighted by Gasteiger charge is 2.35. The SMILES string of the molecule is O=C(CC(O)CNC(=O)OCC1c2ccccc2-c2ccccc21)NC1COCC1C(=O)O. The van der Waals surface area contributed by atoms with Crippen molar-refractivity contribution < 1.29 is 34.1 Å². The summed E-state index contributed by atoms with van der Waals surface area (Å²) in [6, 6.07) is 15.4. The number of ether oxygens (including phenoxy) is 2. The van der Waals surface area contributed by atoms with Crippen LogP contribution in [0.5, 0.6) is 0 Å². The van der Waals surface area contributed by atoms with E-state index < -0.39 is 36.0 Å². The summed E-state index contributed by atoms with van der Waals surface area (Å²) < 4.78 is 10.5. The van der Waals surface area contributed by atoms with E-state index in [4.69, 9.17) is 14.6 Å². The van der Waals surface area contributed by atoms with Crippen molar-refractivity contribution in [2.24, 2.45) is 5.92 Å². The van der Waals surface area contributed by atoms with Crippen LogP contribution in [0.4, 0.5) is 4.79 Å². The Balaban J connectivity index is 1.23. The number of aliphatic carboxylic acids is 1. The number of hydrogen-bond donors (Lipinski definition) is 4. The zero-order valence-corrected chi connectivity index (χ0v) is 17.9. The van der Waals surface area contributed by atoms with Crippen molar-refractivity contribution in [3.63, 3.8) is 0 Å². The van der Waals surface area contributed by atoms with Crippen LogP contribution in [0.25, 0.3) is 11.1 Å². The molecular weight excluding hydrogens is 428 g/mol. The number of aliphatic hydroxyl groups excluding tert-OH is 1. The lowest BCUT2D eigenvalue weighted by atomic mass is 9.98. The van der Waals surface area contributed by atoms with Gasteiger partial charge in [-0.2, -0.15) is 0 Å². The Morgan fingerprint density at radius 1 is 1.03 bits per heavy atom. The molecule has 3 atom stereocenters. The first kappa shape index (κ1) is 22.8. The number of alkyl carbamates (subject to hydrolysis) is 1. The summed E-state index contributed by atoms with van der Waals surface area (Å²) in [6.45, 7) is 0.116. The minimum Gasteiger partial charge on any atom is -0.481 e. The summed E-state index contributed by atoms with van der Waals surface area (Å²) in [5, 5.41) is 24.2. The molecule has 9 heteroatoms. The van der Waals surface area contributed by atoms with E-state index in [0.29, 0.717) is 0 Å². The van der Waals surface area contributed by atoms with Crippen molar-refractivity contribution in [1.29, 1.82) is 0 Å². The van der Waals surface area contributed by atoms with Gasteiger partial charge < -0.3 is 30.3 Å². The molecule has 0 bridgehead atoms. The van der Waals surface area contributed by atoms with Gasteiger partial charge in [0.1, 0.15) is 12.5 Å². The molecule has 33 heavy (non-hydrogen) atoms. The Kier molecular flexibility index (Phi) is 6.90. The van der Waals surface area contributed by atoms with E-state index in [9.17, 15) is 19.5 Å². The second-order valence-electron chi connectivity index (χ2n) is 8.22. The molecule has 1 saturated heterocycles. The smallest absolute Gasteiger partial charge is 0.407 e. The average Bonchev–Trinajstić information content (AvgIpc) is 3.39. The Hall–Kier alpha value is -3.43. The quantitative estimate of drug-likeness (QED) is 0.475. The van der Waals surface area contributed by atoms with E-state index in [0.717, 1.165) is 22.3 Å². The molecule has 1 aliphatic heterocycles. The van der Waals surface area contributed by atoms with Gasteiger partial charge in [0.2, 0.25) is 5.91 Å². The average molecular weight is 454 g/mol. The fourth-order valence-corrected chi connectivity index (χ4v) is 4.34. The normalized spacial score (nSPS) is 19.9. The van der Waals surface area contributed by atoms with Crippen molar-refractivity contribution in [3.8, 4) is 11.1 Å². The van der Waals surface area contributed by atoms with Gasteiger partial charge in [-0.05, 0) is 22.3 Å². The van der Waals surface area contributed by atoms with Crippen LogP contribution in [-0.2, 0) is 19.1 Å². The number of carbonyl (C=O) groups is 3. The number of amides is 2. The highest BCUT2D eigenvalue weighted by atomic mass is 16.5. The van der Waals surface area contributed by atoms with Crippen molar-refractivity contribution in [2.75, 3.05) is 26.4 Å². The monoisotopic (exact) mass is 454 g/mol. The highest BCUT2D eigenvalue weighted by molar-refractivity contribution is 5.80. The number of nitrogens with one attached hydrogen (secondary N) is 2. The molecule has 9 nitrogen and oxygen atoms in total. The van der Waals surface area contributed by atoms with Crippen molar-refractivity contribution in [2.45, 2.75) is 24.5 Å². The third-order valence-corrected chi connectivity index (χ3v) is 5.99. The predicted molar refractivity (Wildman–Crippen MR) is 118 cm³/mol. The standard InChI is InChI=1S/C24H26N2O7/c27-14(9-22(28)26-21-13-32-11-20(21)23(29)30)10-25-24(31)33-12-19-17-7-3-1-5-15(17)16-6-2-4-8-18(16)19/h1-8,14,19-21,27H,9-13H2,(H,25,31)(H,26,28)(H,29,30). The van der Waals surface area contributed by atoms with Crippen LogP contribution in [0.3, 0.4) is 0 Å². The van der Waals surface area contributed by atoms with Crippen LogP contribution in [0.15, 0.2) is 48.5 Å². The van der Waals surface area contributed by atoms with E-state index in [2.05, 4.69) is 10.6 Å². The summed E-state index contributed by atoms with van der Waals surface area (Å²) in [5.74, 6) is -2.45. The van der Waals surface area contributed by atoms with Gasteiger partial charge in [-0.15, -0.1) is 0 Å². The number of carboxylic acid groups (broad SMARTS) is 1. The molecule has 2 aromatic carbocycles. The Morgan fingerprint density at radius 2 is 1.67 bits per heavy atom. The largest absolute Gasteiger partial charge is 0.481 e. The second kappa shape index (κ2) is 10.0. The number of fused-ring (bicyclic) bond motifs is 3. The number of aliphatic hydroxyl groups is 1. The fourth-order valence-electron chi connectivity index (χ4n) is 4.34. The summed E-state index contributed by atoms with van der Waals surface area (Å²) in [4.78, 5) is 35.4. The minimum absolute atomic E-state index is 0.0339. The fraction of sp³-hybridized carbons (Fsp3) is 0.375. The summed E-state index contributed by atoms with van der Waals surface area (Å²) in [6.07, 6.45) is -2.12. The topological polar surface area (TPSA) is 134 Å². The van der Waals surface area contributed by atoms with Crippen LogP contribution >= 0.6 is 0 Å². The van der Waals surface area contributed by atoms with Crippen molar-refractivity contribution in [1.82, 2.24) is 10.6 Å². The number of benzene rings is 2. The van der Waals surface area contributed by atoms with Crippen molar-refractivity contribution >= 4 is 18.0 Å². The molecule has 0 aromatic heterocycles. The molecular formula is C24H26N2O7. The Bertz CT molecular complexity index is 995. The molecule has 1 aliphatic carbocycles. The molecule has 1 heterocycles. The van der Waals surface area contributed by atoms with Gasteiger partial charge >= 0.3 is 12.1 Å². The molecule has 2 aromatic rings. The Labute approximate surface area is 190 Å². The highest BCUT2D eigenvalue weighted by Crippen LogP contribution is 2.44. The van der Waals surface area contributed by atoms with Crippen LogP contribution in [0.1, 0.15) is 23.5 Å². The van der Waals surface area contributed by atoms with E-state index in [1.165, 1.54) is 0 Å². The molecule has 1 fully saturated rings. The Morgan fingerprint density at radius 3 is 2.30 bits per heavy atom. The van der Waals surface area contributed by atoms with Gasteiger partial charge in [-0.3, -0.25) is 9.59 Å². The second-order valence-corrected chi connectivity index (χ2v) is 8.22. The van der Waals surface area contributed by atoms with Crippen LogP contribution in [0, 0.1) is 5.92 Å². The summed E-state index contributed by atoms with van der Waals surface area (Å²) >= 11 is 0. The van der Waals surface area contributed by atoms with E-state index in [1.807, 2.05) is 48.5 Å². The third-order valence-electron chi connectivity index (χ3n) is 5.99. The number of carbonyl (C=O) groups excluding carboxylic acids is 2. The summed E-state index contributed by atoms with van der Waals surface area (Å²) in [7, 11) is 0. The first-order valence-electron chi connectivity index (χ1n) is 10.8. The van der Waals surface area contributed by atoms with E-state index in [1.54, 1.807) is 0 Å².